The summed E-state index contributed by atoms with van der Waals surface area (Å²) in [6.45, 7) is 0.748. The zero-order valence-corrected chi connectivity index (χ0v) is 9.93. The zero-order chi connectivity index (χ0) is 9.97. The fourth-order valence-electron chi connectivity index (χ4n) is 1.76. The Bertz CT molecular complexity index is 319. The summed E-state index contributed by atoms with van der Waals surface area (Å²) in [6.07, 6.45) is 1.97. The average molecular weight is 248 g/mol. The molecule has 2 rings (SSSR count). The van der Waals surface area contributed by atoms with Gasteiger partial charge in [0.05, 0.1) is 6.10 Å². The summed E-state index contributed by atoms with van der Waals surface area (Å²) in [5, 5.41) is 0.755. The molecule has 1 aliphatic rings. The van der Waals surface area contributed by atoms with Crippen LogP contribution in [0.5, 0.6) is 0 Å². The molecule has 84 valence electrons. The number of hydrogen-bond donors (Lipinski definition) is 1. The molecule has 4 heteroatoms. The quantitative estimate of drug-likeness (QED) is 0.829. The van der Waals surface area contributed by atoms with Crippen LogP contribution in [-0.4, -0.2) is 12.6 Å². The van der Waals surface area contributed by atoms with E-state index in [0.29, 0.717) is 0 Å². The van der Waals surface area contributed by atoms with Crippen molar-refractivity contribution in [2.24, 2.45) is 5.73 Å². The lowest BCUT2D eigenvalue weighted by molar-refractivity contribution is 0.00668. The molecule has 0 amide bonds. The van der Waals surface area contributed by atoms with Gasteiger partial charge in [0.2, 0.25) is 0 Å². The second kappa shape index (κ2) is 5.71. The van der Waals surface area contributed by atoms with Gasteiger partial charge in [0.15, 0.2) is 0 Å². The first kappa shape index (κ1) is 12.8. The summed E-state index contributed by atoms with van der Waals surface area (Å²) < 4.78 is 5.65. The normalized spacial score (nSPS) is 25.7. The number of ether oxygens (including phenoxy) is 1. The molecule has 1 aliphatic heterocycles. The Kier molecular flexibility index (Phi) is 4.87. The Morgan fingerprint density at radius 3 is 2.87 bits per heavy atom. The van der Waals surface area contributed by atoms with Crippen molar-refractivity contribution < 1.29 is 4.74 Å². The lowest BCUT2D eigenvalue weighted by Gasteiger charge is -2.27. The highest BCUT2D eigenvalue weighted by Crippen LogP contribution is 2.28. The number of halogens is 2. The van der Waals surface area contributed by atoms with Gasteiger partial charge in [-0.1, -0.05) is 23.7 Å². The summed E-state index contributed by atoms with van der Waals surface area (Å²) in [7, 11) is 0. The summed E-state index contributed by atoms with van der Waals surface area (Å²) in [4.78, 5) is 0. The van der Waals surface area contributed by atoms with Crippen molar-refractivity contribution in [1.82, 2.24) is 0 Å². The van der Waals surface area contributed by atoms with E-state index < -0.39 is 0 Å². The molecule has 15 heavy (non-hydrogen) atoms. The van der Waals surface area contributed by atoms with Crippen LogP contribution >= 0.6 is 24.0 Å². The van der Waals surface area contributed by atoms with Crippen LogP contribution in [0.1, 0.15) is 24.5 Å². The maximum Gasteiger partial charge on any atom is 0.0840 e. The summed E-state index contributed by atoms with van der Waals surface area (Å²) in [5.74, 6) is 0. The summed E-state index contributed by atoms with van der Waals surface area (Å²) >= 11 is 5.91. The number of rotatable bonds is 1. The van der Waals surface area contributed by atoms with Gasteiger partial charge < -0.3 is 10.5 Å². The summed E-state index contributed by atoms with van der Waals surface area (Å²) in [5.41, 5.74) is 7.02. The zero-order valence-electron chi connectivity index (χ0n) is 8.36. The molecule has 0 aliphatic carbocycles. The molecule has 1 fully saturated rings. The number of nitrogens with two attached hydrogens (primary N) is 1. The number of benzene rings is 1. The third kappa shape index (κ3) is 3.35. The van der Waals surface area contributed by atoms with E-state index in [1.54, 1.807) is 0 Å². The minimum atomic E-state index is 0. The van der Waals surface area contributed by atoms with Gasteiger partial charge >= 0.3 is 0 Å². The maximum absolute atomic E-state index is 5.91. The molecule has 0 bridgehead atoms. The van der Waals surface area contributed by atoms with Crippen molar-refractivity contribution in [2.45, 2.75) is 25.0 Å². The van der Waals surface area contributed by atoms with Crippen molar-refractivity contribution in [2.75, 3.05) is 6.61 Å². The Balaban J connectivity index is 0.00000112. The van der Waals surface area contributed by atoms with Gasteiger partial charge in [0.25, 0.3) is 0 Å². The van der Waals surface area contributed by atoms with Gasteiger partial charge in [0.1, 0.15) is 0 Å². The largest absolute Gasteiger partial charge is 0.373 e. The van der Waals surface area contributed by atoms with Gasteiger partial charge in [0, 0.05) is 17.7 Å². The Labute approximate surface area is 101 Å². The fourth-order valence-corrected chi connectivity index (χ4v) is 1.96. The van der Waals surface area contributed by atoms with Crippen LogP contribution in [0.2, 0.25) is 5.02 Å². The predicted molar refractivity (Wildman–Crippen MR) is 64.6 cm³/mol. The van der Waals surface area contributed by atoms with Crippen LogP contribution in [0.25, 0.3) is 0 Å². The van der Waals surface area contributed by atoms with Crippen LogP contribution in [0.3, 0.4) is 0 Å². The van der Waals surface area contributed by atoms with E-state index >= 15 is 0 Å². The maximum atomic E-state index is 5.91. The Morgan fingerprint density at radius 1 is 1.40 bits per heavy atom. The highest BCUT2D eigenvalue weighted by molar-refractivity contribution is 6.30. The van der Waals surface area contributed by atoms with E-state index in [1.807, 2.05) is 24.3 Å². The van der Waals surface area contributed by atoms with Gasteiger partial charge in [-0.3, -0.25) is 0 Å². The smallest absolute Gasteiger partial charge is 0.0840 e. The first-order valence-corrected chi connectivity index (χ1v) is 5.26. The first-order chi connectivity index (χ1) is 6.75. The lowest BCUT2D eigenvalue weighted by Crippen LogP contribution is -2.30. The van der Waals surface area contributed by atoms with Crippen LogP contribution in [-0.2, 0) is 4.74 Å². The molecule has 0 unspecified atom stereocenters. The molecule has 2 nitrogen and oxygen atoms in total. The minimum Gasteiger partial charge on any atom is -0.373 e. The molecule has 2 N–H and O–H groups in total. The molecule has 0 radical (unpaired) electrons. The van der Waals surface area contributed by atoms with E-state index in [2.05, 4.69) is 0 Å². The molecular formula is C11H15Cl2NO. The SMILES string of the molecule is Cl.N[C@@H]1CCO[C@@H](c2cccc(Cl)c2)C1. The second-order valence-electron chi connectivity index (χ2n) is 3.70. The van der Waals surface area contributed by atoms with Crippen LogP contribution < -0.4 is 5.73 Å². The molecule has 0 saturated carbocycles. The fraction of sp³-hybridized carbons (Fsp3) is 0.455. The standard InChI is InChI=1S/C11H14ClNO.ClH/c12-9-3-1-2-8(6-9)11-7-10(13)4-5-14-11;/h1-3,6,10-11H,4-5,7,13H2;1H/t10-,11-;/m1./s1. The topological polar surface area (TPSA) is 35.2 Å². The Morgan fingerprint density at radius 2 is 2.20 bits per heavy atom. The molecule has 1 saturated heterocycles. The molecule has 0 spiro atoms. The van der Waals surface area contributed by atoms with E-state index in [9.17, 15) is 0 Å². The second-order valence-corrected chi connectivity index (χ2v) is 4.14. The van der Waals surface area contributed by atoms with Gasteiger partial charge in [-0.2, -0.15) is 0 Å². The van der Waals surface area contributed by atoms with E-state index in [0.717, 1.165) is 30.0 Å². The monoisotopic (exact) mass is 247 g/mol. The van der Waals surface area contributed by atoms with Crippen molar-refractivity contribution in [3.63, 3.8) is 0 Å². The third-order valence-corrected chi connectivity index (χ3v) is 2.78. The highest BCUT2D eigenvalue weighted by atomic mass is 35.5. The molecule has 2 atom stereocenters. The van der Waals surface area contributed by atoms with Gasteiger partial charge in [-0.05, 0) is 30.5 Å². The highest BCUT2D eigenvalue weighted by Gasteiger charge is 2.21. The van der Waals surface area contributed by atoms with Crippen molar-refractivity contribution in [3.05, 3.63) is 34.9 Å². The van der Waals surface area contributed by atoms with E-state index in [1.165, 1.54) is 0 Å². The average Bonchev–Trinajstić information content (AvgIpc) is 2.18. The van der Waals surface area contributed by atoms with Crippen LogP contribution in [0, 0.1) is 0 Å². The third-order valence-electron chi connectivity index (χ3n) is 2.54. The van der Waals surface area contributed by atoms with E-state index in [-0.39, 0.29) is 24.6 Å². The van der Waals surface area contributed by atoms with Crippen LogP contribution in [0.4, 0.5) is 0 Å². The van der Waals surface area contributed by atoms with Crippen molar-refractivity contribution in [3.8, 4) is 0 Å². The van der Waals surface area contributed by atoms with Gasteiger partial charge in [-0.15, -0.1) is 12.4 Å². The molecule has 1 aromatic carbocycles. The lowest BCUT2D eigenvalue weighted by atomic mass is 9.98. The van der Waals surface area contributed by atoms with Gasteiger partial charge in [-0.25, -0.2) is 0 Å². The molecular weight excluding hydrogens is 233 g/mol. The van der Waals surface area contributed by atoms with E-state index in [4.69, 9.17) is 22.1 Å². The number of hydrogen-bond acceptors (Lipinski definition) is 2. The molecule has 1 heterocycles. The molecule has 0 aromatic heterocycles. The Hall–Kier alpha value is -0.280. The summed E-state index contributed by atoms with van der Waals surface area (Å²) in [6, 6.07) is 8.06. The van der Waals surface area contributed by atoms with Crippen LogP contribution in [0.15, 0.2) is 24.3 Å². The minimum absolute atomic E-state index is 0. The first-order valence-electron chi connectivity index (χ1n) is 4.88. The molecule has 1 aromatic rings. The van der Waals surface area contributed by atoms with Crippen molar-refractivity contribution in [1.29, 1.82) is 0 Å². The van der Waals surface area contributed by atoms with Crippen molar-refractivity contribution >= 4 is 24.0 Å². The predicted octanol–water partition coefficient (Wildman–Crippen LogP) is 2.94.